The topological polar surface area (TPSA) is 26.0 Å². The molecule has 0 atom stereocenters. The van der Waals surface area contributed by atoms with Crippen molar-refractivity contribution >= 4 is 0 Å². The van der Waals surface area contributed by atoms with Crippen LogP contribution in [0.25, 0.3) is 0 Å². The Morgan fingerprint density at radius 3 is 1.43 bits per heavy atom. The Hall–Kier alpha value is 0.400. The molecule has 46 valence electrons. The molecule has 0 amide bonds. The van der Waals surface area contributed by atoms with Gasteiger partial charge in [0.25, 0.3) is 0 Å². The smallest absolute Gasteiger partial charge is 0.129 e. The third-order valence-electron chi connectivity index (χ3n) is 0.548. The Labute approximate surface area is 55.7 Å². The summed E-state index contributed by atoms with van der Waals surface area (Å²) in [4.78, 5) is 0. The molecule has 0 saturated heterocycles. The summed E-state index contributed by atoms with van der Waals surface area (Å²) >= 11 is 0. The first kappa shape index (κ1) is 10.4. The van der Waals surface area contributed by atoms with Gasteiger partial charge in [0, 0.05) is 0 Å². The molecule has 0 aromatic heterocycles. The molecule has 0 aliphatic rings. The summed E-state index contributed by atoms with van der Waals surface area (Å²) < 4.78 is 0.847. The Kier molecular flexibility index (Phi) is 5.06. The summed E-state index contributed by atoms with van der Waals surface area (Å²) in [5, 5.41) is 0. The molecule has 0 saturated carbocycles. The van der Waals surface area contributed by atoms with Crippen LogP contribution < -0.4 is 22.7 Å². The molecule has 2 N–H and O–H groups in total. The van der Waals surface area contributed by atoms with Gasteiger partial charge in [-0.15, -0.1) is 0 Å². The molecule has 0 heterocycles. The fourth-order valence-electron chi connectivity index (χ4n) is 0. The van der Waals surface area contributed by atoms with Crippen molar-refractivity contribution in [2.24, 2.45) is 5.73 Å². The van der Waals surface area contributed by atoms with Crippen molar-refractivity contribution in [2.45, 2.75) is 0 Å². The highest BCUT2D eigenvalue weighted by molar-refractivity contribution is 4.03. The average molecular weight is 169 g/mol. The van der Waals surface area contributed by atoms with Gasteiger partial charge in [-0.2, -0.15) is 0 Å². The van der Waals surface area contributed by atoms with Gasteiger partial charge >= 0.3 is 0 Å². The van der Waals surface area contributed by atoms with Crippen LogP contribution >= 0.6 is 0 Å². The molecule has 0 aliphatic heterocycles. The third-order valence-corrected chi connectivity index (χ3v) is 0.548. The van der Waals surface area contributed by atoms with E-state index in [1.54, 1.807) is 0 Å². The van der Waals surface area contributed by atoms with Crippen molar-refractivity contribution < 1.29 is 21.5 Å². The second-order valence-corrected chi connectivity index (χ2v) is 2.47. The summed E-state index contributed by atoms with van der Waals surface area (Å²) in [6, 6.07) is 0. The maximum Gasteiger partial charge on any atom is 0.129 e. The number of quaternary nitrogens is 1. The molecular formula is C4H13BrN2. The highest BCUT2D eigenvalue weighted by Gasteiger charge is 1.97. The van der Waals surface area contributed by atoms with Gasteiger partial charge in [-0.3, -0.25) is 5.73 Å². The second-order valence-electron chi connectivity index (χ2n) is 2.47. The van der Waals surface area contributed by atoms with Crippen LogP contribution in [0.4, 0.5) is 0 Å². The van der Waals surface area contributed by atoms with E-state index >= 15 is 0 Å². The lowest BCUT2D eigenvalue weighted by molar-refractivity contribution is -0.870. The van der Waals surface area contributed by atoms with Gasteiger partial charge in [0.05, 0.1) is 21.1 Å². The number of rotatable bonds is 1. The van der Waals surface area contributed by atoms with Crippen LogP contribution in [-0.4, -0.2) is 32.3 Å². The van der Waals surface area contributed by atoms with Gasteiger partial charge < -0.3 is 21.5 Å². The van der Waals surface area contributed by atoms with E-state index in [-0.39, 0.29) is 17.0 Å². The second kappa shape index (κ2) is 3.41. The maximum absolute atomic E-state index is 5.28. The van der Waals surface area contributed by atoms with E-state index in [0.29, 0.717) is 6.67 Å². The zero-order valence-corrected chi connectivity index (χ0v) is 6.70. The molecule has 0 fully saturated rings. The molecule has 0 unspecified atom stereocenters. The molecule has 0 bridgehead atoms. The molecular weight excluding hydrogens is 156 g/mol. The van der Waals surface area contributed by atoms with E-state index in [1.807, 2.05) is 0 Å². The van der Waals surface area contributed by atoms with Crippen LogP contribution in [0.1, 0.15) is 0 Å². The highest BCUT2D eigenvalue weighted by Crippen LogP contribution is 1.79. The van der Waals surface area contributed by atoms with Crippen LogP contribution in [0.5, 0.6) is 0 Å². The molecule has 0 radical (unpaired) electrons. The van der Waals surface area contributed by atoms with Gasteiger partial charge in [0.2, 0.25) is 0 Å². The monoisotopic (exact) mass is 168 g/mol. The van der Waals surface area contributed by atoms with Crippen LogP contribution in [0.2, 0.25) is 0 Å². The fourth-order valence-corrected chi connectivity index (χ4v) is 0. The van der Waals surface area contributed by atoms with Crippen LogP contribution in [0, 0.1) is 0 Å². The lowest BCUT2D eigenvalue weighted by Gasteiger charge is -2.20. The van der Waals surface area contributed by atoms with Crippen molar-refractivity contribution in [3.63, 3.8) is 0 Å². The van der Waals surface area contributed by atoms with E-state index in [0.717, 1.165) is 4.48 Å². The predicted molar refractivity (Wildman–Crippen MR) is 27.1 cm³/mol. The van der Waals surface area contributed by atoms with Crippen LogP contribution in [0.15, 0.2) is 0 Å². The highest BCUT2D eigenvalue weighted by atomic mass is 79.9. The van der Waals surface area contributed by atoms with Gasteiger partial charge in [-0.25, -0.2) is 0 Å². The molecule has 0 spiro atoms. The van der Waals surface area contributed by atoms with E-state index in [9.17, 15) is 0 Å². The molecule has 0 aromatic rings. The first-order valence-corrected chi connectivity index (χ1v) is 2.07. The number of hydrogen-bond donors (Lipinski definition) is 1. The quantitative estimate of drug-likeness (QED) is 0.321. The molecule has 0 aromatic carbocycles. The normalized spacial score (nSPS) is 10.3. The van der Waals surface area contributed by atoms with E-state index in [1.165, 1.54) is 0 Å². The van der Waals surface area contributed by atoms with Crippen molar-refractivity contribution in [1.29, 1.82) is 0 Å². The lowest BCUT2D eigenvalue weighted by Crippen LogP contribution is -3.00. The van der Waals surface area contributed by atoms with Crippen molar-refractivity contribution in [1.82, 2.24) is 0 Å². The third kappa shape index (κ3) is 10.7. The van der Waals surface area contributed by atoms with E-state index in [4.69, 9.17) is 5.73 Å². The van der Waals surface area contributed by atoms with Crippen molar-refractivity contribution in [2.75, 3.05) is 27.8 Å². The molecule has 0 rings (SSSR count). The van der Waals surface area contributed by atoms with E-state index in [2.05, 4.69) is 21.1 Å². The maximum atomic E-state index is 5.28. The minimum Gasteiger partial charge on any atom is -1.00 e. The molecule has 0 aliphatic carbocycles. The Morgan fingerprint density at radius 2 is 1.43 bits per heavy atom. The fraction of sp³-hybridized carbons (Fsp3) is 1.00. The number of nitrogens with zero attached hydrogens (tertiary/aromatic N) is 1. The predicted octanol–water partition coefficient (Wildman–Crippen LogP) is -3.39. The standard InChI is InChI=1S/C4H13N2.BrH/c1-6(2,3)4-5;/h4-5H2,1-3H3;1H/q+1;/p-1. The number of hydrogen-bond acceptors (Lipinski definition) is 1. The Morgan fingerprint density at radius 1 is 1.29 bits per heavy atom. The first-order chi connectivity index (χ1) is 2.56. The van der Waals surface area contributed by atoms with Crippen molar-refractivity contribution in [3.05, 3.63) is 0 Å². The molecule has 2 nitrogen and oxygen atoms in total. The SMILES string of the molecule is C[N+](C)(C)CN.[Br-]. The Balaban J connectivity index is 0. The van der Waals surface area contributed by atoms with Gasteiger partial charge in [-0.1, -0.05) is 0 Å². The zero-order valence-electron chi connectivity index (χ0n) is 5.11. The summed E-state index contributed by atoms with van der Waals surface area (Å²) in [6.07, 6.45) is 0. The number of halogens is 1. The van der Waals surface area contributed by atoms with E-state index < -0.39 is 0 Å². The van der Waals surface area contributed by atoms with Crippen molar-refractivity contribution in [3.8, 4) is 0 Å². The van der Waals surface area contributed by atoms with Crippen LogP contribution in [0.3, 0.4) is 0 Å². The van der Waals surface area contributed by atoms with Crippen LogP contribution in [-0.2, 0) is 0 Å². The summed E-state index contributed by atoms with van der Waals surface area (Å²) in [7, 11) is 6.17. The lowest BCUT2D eigenvalue weighted by atomic mass is 10.7. The average Bonchev–Trinajstić information content (AvgIpc) is 1.35. The summed E-state index contributed by atoms with van der Waals surface area (Å²) in [6.45, 7) is 0.708. The minimum atomic E-state index is 0. The zero-order chi connectivity index (χ0) is 5.21. The largest absolute Gasteiger partial charge is 1.00 e. The van der Waals surface area contributed by atoms with Gasteiger partial charge in [-0.05, 0) is 0 Å². The minimum absolute atomic E-state index is 0. The Bertz CT molecular complexity index is 39.4. The molecule has 7 heavy (non-hydrogen) atoms. The first-order valence-electron chi connectivity index (χ1n) is 2.07. The number of nitrogens with two attached hydrogens (primary N) is 1. The van der Waals surface area contributed by atoms with Gasteiger partial charge in [0.15, 0.2) is 0 Å². The summed E-state index contributed by atoms with van der Waals surface area (Å²) in [5.74, 6) is 0. The van der Waals surface area contributed by atoms with Gasteiger partial charge in [0.1, 0.15) is 6.67 Å². The summed E-state index contributed by atoms with van der Waals surface area (Å²) in [5.41, 5.74) is 5.28. The molecule has 3 heteroatoms.